The van der Waals surface area contributed by atoms with Crippen LogP contribution in [0.15, 0.2) is 42.5 Å². The van der Waals surface area contributed by atoms with E-state index in [9.17, 15) is 9.59 Å². The molecule has 1 saturated heterocycles. The lowest BCUT2D eigenvalue weighted by molar-refractivity contribution is -0.122. The van der Waals surface area contributed by atoms with Crippen molar-refractivity contribution < 1.29 is 19.1 Å². The first-order valence-electron chi connectivity index (χ1n) is 8.10. The van der Waals surface area contributed by atoms with Gasteiger partial charge in [-0.3, -0.25) is 9.59 Å². The fraction of sp³-hybridized carbons (Fsp3) is 0.263. The van der Waals surface area contributed by atoms with Crippen LogP contribution in [0.1, 0.15) is 6.42 Å². The zero-order valence-corrected chi connectivity index (χ0v) is 15.2. The number of benzene rings is 2. The van der Waals surface area contributed by atoms with E-state index in [-0.39, 0.29) is 18.2 Å². The van der Waals surface area contributed by atoms with Crippen LogP contribution >= 0.6 is 11.6 Å². The number of carbonyl (C=O) groups excluding carboxylic acids is 2. The van der Waals surface area contributed by atoms with Crippen molar-refractivity contribution in [2.24, 2.45) is 5.92 Å². The third kappa shape index (κ3) is 3.75. The SMILES string of the molecule is COc1ccc(NC(=O)[C@H]2CC(=O)N(c3ccc(Cl)cc3)C2)c(OC)c1. The first-order valence-corrected chi connectivity index (χ1v) is 8.48. The minimum Gasteiger partial charge on any atom is -0.497 e. The highest BCUT2D eigenvalue weighted by Crippen LogP contribution is 2.31. The highest BCUT2D eigenvalue weighted by atomic mass is 35.5. The third-order valence-electron chi connectivity index (χ3n) is 4.30. The Morgan fingerprint density at radius 3 is 2.54 bits per heavy atom. The van der Waals surface area contributed by atoms with Crippen molar-refractivity contribution in [1.82, 2.24) is 0 Å². The molecule has 1 aliphatic rings. The Balaban J connectivity index is 1.71. The van der Waals surface area contributed by atoms with E-state index in [0.29, 0.717) is 28.8 Å². The van der Waals surface area contributed by atoms with Gasteiger partial charge in [0.2, 0.25) is 11.8 Å². The molecule has 2 aromatic carbocycles. The van der Waals surface area contributed by atoms with Gasteiger partial charge in [-0.1, -0.05) is 11.6 Å². The number of hydrogen-bond acceptors (Lipinski definition) is 4. The van der Waals surface area contributed by atoms with Gasteiger partial charge in [-0.25, -0.2) is 0 Å². The van der Waals surface area contributed by atoms with Crippen molar-refractivity contribution >= 4 is 34.8 Å². The van der Waals surface area contributed by atoms with Crippen molar-refractivity contribution in [3.8, 4) is 11.5 Å². The average molecular weight is 375 g/mol. The molecular formula is C19H19ClN2O4. The summed E-state index contributed by atoms with van der Waals surface area (Å²) in [4.78, 5) is 26.5. The Hall–Kier alpha value is -2.73. The quantitative estimate of drug-likeness (QED) is 0.871. The summed E-state index contributed by atoms with van der Waals surface area (Å²) >= 11 is 5.89. The molecule has 26 heavy (non-hydrogen) atoms. The van der Waals surface area contributed by atoms with E-state index in [4.69, 9.17) is 21.1 Å². The molecule has 1 atom stereocenters. The second-order valence-corrected chi connectivity index (χ2v) is 6.37. The van der Waals surface area contributed by atoms with Gasteiger partial charge in [0.1, 0.15) is 11.5 Å². The van der Waals surface area contributed by atoms with Crippen LogP contribution < -0.4 is 19.7 Å². The lowest BCUT2D eigenvalue weighted by Gasteiger charge is -2.17. The number of methoxy groups -OCH3 is 2. The maximum absolute atomic E-state index is 12.6. The van der Waals surface area contributed by atoms with E-state index < -0.39 is 5.92 Å². The Morgan fingerprint density at radius 2 is 1.88 bits per heavy atom. The normalized spacial score (nSPS) is 16.5. The molecule has 1 fully saturated rings. The number of carbonyl (C=O) groups is 2. The highest BCUT2D eigenvalue weighted by Gasteiger charge is 2.35. The second kappa shape index (κ2) is 7.66. The summed E-state index contributed by atoms with van der Waals surface area (Å²) in [5.41, 5.74) is 1.27. The molecule has 0 saturated carbocycles. The van der Waals surface area contributed by atoms with Crippen LogP contribution in [0, 0.1) is 5.92 Å². The largest absolute Gasteiger partial charge is 0.497 e. The van der Waals surface area contributed by atoms with E-state index in [0.717, 1.165) is 5.69 Å². The molecule has 1 heterocycles. The summed E-state index contributed by atoms with van der Waals surface area (Å²) in [5.74, 6) is 0.374. The summed E-state index contributed by atoms with van der Waals surface area (Å²) in [7, 11) is 3.08. The molecule has 2 amide bonds. The van der Waals surface area contributed by atoms with E-state index in [1.807, 2.05) is 0 Å². The summed E-state index contributed by atoms with van der Waals surface area (Å²) in [6.45, 7) is 0.324. The smallest absolute Gasteiger partial charge is 0.229 e. The maximum atomic E-state index is 12.6. The molecular weight excluding hydrogens is 356 g/mol. The number of hydrogen-bond donors (Lipinski definition) is 1. The third-order valence-corrected chi connectivity index (χ3v) is 4.55. The molecule has 0 aliphatic carbocycles. The zero-order chi connectivity index (χ0) is 18.7. The number of nitrogens with one attached hydrogen (secondary N) is 1. The van der Waals surface area contributed by atoms with Crippen LogP contribution in [-0.4, -0.2) is 32.6 Å². The first kappa shape index (κ1) is 18.1. The predicted octanol–water partition coefficient (Wildman–Crippen LogP) is 3.35. The van der Waals surface area contributed by atoms with Gasteiger partial charge in [-0.15, -0.1) is 0 Å². The van der Waals surface area contributed by atoms with Gasteiger partial charge in [0.05, 0.1) is 25.8 Å². The lowest BCUT2D eigenvalue weighted by Crippen LogP contribution is -2.28. The Bertz CT molecular complexity index is 823. The van der Waals surface area contributed by atoms with E-state index >= 15 is 0 Å². The summed E-state index contributed by atoms with van der Waals surface area (Å²) < 4.78 is 10.4. The topological polar surface area (TPSA) is 67.9 Å². The van der Waals surface area contributed by atoms with Crippen LogP contribution in [0.3, 0.4) is 0 Å². The number of amides is 2. The van der Waals surface area contributed by atoms with Crippen LogP contribution in [0.25, 0.3) is 0 Å². The van der Waals surface area contributed by atoms with Crippen molar-refractivity contribution in [1.29, 1.82) is 0 Å². The summed E-state index contributed by atoms with van der Waals surface area (Å²) in [5, 5.41) is 3.44. The zero-order valence-electron chi connectivity index (χ0n) is 14.5. The van der Waals surface area contributed by atoms with Crippen molar-refractivity contribution in [3.63, 3.8) is 0 Å². The molecule has 0 bridgehead atoms. The van der Waals surface area contributed by atoms with Gasteiger partial charge in [0.15, 0.2) is 0 Å². The molecule has 136 valence electrons. The molecule has 0 unspecified atom stereocenters. The van der Waals surface area contributed by atoms with Crippen molar-refractivity contribution in [2.45, 2.75) is 6.42 Å². The first-order chi connectivity index (χ1) is 12.5. The van der Waals surface area contributed by atoms with Gasteiger partial charge in [-0.05, 0) is 36.4 Å². The number of nitrogens with zero attached hydrogens (tertiary/aromatic N) is 1. The van der Waals surface area contributed by atoms with Gasteiger partial charge in [0, 0.05) is 29.7 Å². The molecule has 2 aromatic rings. The van der Waals surface area contributed by atoms with Crippen LogP contribution in [0.4, 0.5) is 11.4 Å². The number of rotatable bonds is 5. The fourth-order valence-corrected chi connectivity index (χ4v) is 3.02. The van der Waals surface area contributed by atoms with Crippen molar-refractivity contribution in [3.05, 3.63) is 47.5 Å². The fourth-order valence-electron chi connectivity index (χ4n) is 2.89. The minimum atomic E-state index is -0.440. The predicted molar refractivity (Wildman–Crippen MR) is 100 cm³/mol. The minimum absolute atomic E-state index is 0.0887. The Labute approximate surface area is 156 Å². The molecule has 3 rings (SSSR count). The molecule has 0 aromatic heterocycles. The van der Waals surface area contributed by atoms with Gasteiger partial charge < -0.3 is 19.7 Å². The molecule has 1 N–H and O–H groups in total. The van der Waals surface area contributed by atoms with Gasteiger partial charge in [0.25, 0.3) is 0 Å². The van der Waals surface area contributed by atoms with Crippen molar-refractivity contribution in [2.75, 3.05) is 31.0 Å². The monoisotopic (exact) mass is 374 g/mol. The van der Waals surface area contributed by atoms with Crippen LogP contribution in [0.5, 0.6) is 11.5 Å². The molecule has 1 aliphatic heterocycles. The molecule has 0 radical (unpaired) electrons. The van der Waals surface area contributed by atoms with E-state index in [1.165, 1.54) is 7.11 Å². The second-order valence-electron chi connectivity index (χ2n) is 5.94. The highest BCUT2D eigenvalue weighted by molar-refractivity contribution is 6.30. The van der Waals surface area contributed by atoms with Gasteiger partial charge >= 0.3 is 0 Å². The molecule has 0 spiro atoms. The Morgan fingerprint density at radius 1 is 1.15 bits per heavy atom. The van der Waals surface area contributed by atoms with E-state index in [2.05, 4.69) is 5.32 Å². The molecule has 7 heteroatoms. The van der Waals surface area contributed by atoms with Gasteiger partial charge in [-0.2, -0.15) is 0 Å². The number of anilines is 2. The number of halogens is 1. The summed E-state index contributed by atoms with van der Waals surface area (Å²) in [6, 6.07) is 12.1. The standard InChI is InChI=1S/C19H19ClN2O4/c1-25-15-7-8-16(17(10-15)26-2)21-19(24)12-9-18(23)22(11-12)14-5-3-13(20)4-6-14/h3-8,10,12H,9,11H2,1-2H3,(H,21,24)/t12-/m0/s1. The van der Waals surface area contributed by atoms with Crippen LogP contribution in [0.2, 0.25) is 5.02 Å². The van der Waals surface area contributed by atoms with Crippen LogP contribution in [-0.2, 0) is 9.59 Å². The maximum Gasteiger partial charge on any atom is 0.229 e. The lowest BCUT2D eigenvalue weighted by atomic mass is 10.1. The summed E-state index contributed by atoms with van der Waals surface area (Å²) in [6.07, 6.45) is 0.160. The Kier molecular flexibility index (Phi) is 5.32. The average Bonchev–Trinajstić information content (AvgIpc) is 3.04. The molecule has 6 nitrogen and oxygen atoms in total. The number of ether oxygens (including phenoxy) is 2. The van der Waals surface area contributed by atoms with E-state index in [1.54, 1.807) is 54.5 Å².